The van der Waals surface area contributed by atoms with Crippen molar-refractivity contribution >= 4 is 43.4 Å². The standard InChI is InChI=1S/C44H35N/c1-43(2)39-16-10-8-14-34(39)37-27-36-31(26-40(37)44(43,3)4)19-18-30-24-32(21-22-33(30)36)45-41-17-11-9-15-35(41)38-25-29(20-23-42(38)45)28-12-6-5-7-13-28/h5-27H,1-4H3. The number of rotatable bonds is 2. The third-order valence-electron chi connectivity index (χ3n) is 11.1. The van der Waals surface area contributed by atoms with E-state index in [9.17, 15) is 0 Å². The molecule has 1 heteroatoms. The topological polar surface area (TPSA) is 4.93 Å². The maximum Gasteiger partial charge on any atom is 0.0541 e. The molecular formula is C44H35N. The number of hydrogen-bond donors (Lipinski definition) is 0. The second kappa shape index (κ2) is 9.19. The van der Waals surface area contributed by atoms with Crippen LogP contribution in [0.5, 0.6) is 0 Å². The second-order valence-electron chi connectivity index (χ2n) is 13.8. The lowest BCUT2D eigenvalue weighted by atomic mass is 9.55. The molecule has 216 valence electrons. The summed E-state index contributed by atoms with van der Waals surface area (Å²) in [5.74, 6) is 0. The molecule has 1 aliphatic rings. The predicted octanol–water partition coefficient (Wildman–Crippen LogP) is 12.0. The molecule has 0 unspecified atom stereocenters. The van der Waals surface area contributed by atoms with E-state index in [1.54, 1.807) is 0 Å². The molecule has 0 saturated heterocycles. The summed E-state index contributed by atoms with van der Waals surface area (Å²) in [7, 11) is 0. The van der Waals surface area contributed by atoms with Gasteiger partial charge >= 0.3 is 0 Å². The molecule has 0 bridgehead atoms. The molecule has 0 N–H and O–H groups in total. The summed E-state index contributed by atoms with van der Waals surface area (Å²) in [4.78, 5) is 0. The van der Waals surface area contributed by atoms with Gasteiger partial charge in [-0.1, -0.05) is 125 Å². The number of benzene rings is 7. The molecule has 0 spiro atoms. The number of aromatic nitrogens is 1. The molecule has 1 aliphatic carbocycles. The fraction of sp³-hybridized carbons (Fsp3) is 0.136. The molecule has 0 amide bonds. The van der Waals surface area contributed by atoms with Gasteiger partial charge in [0.1, 0.15) is 0 Å². The van der Waals surface area contributed by atoms with Gasteiger partial charge < -0.3 is 4.57 Å². The predicted molar refractivity (Wildman–Crippen MR) is 193 cm³/mol. The van der Waals surface area contributed by atoms with E-state index >= 15 is 0 Å². The number of nitrogens with zero attached hydrogens (tertiary/aromatic N) is 1. The Morgan fingerprint density at radius 1 is 0.400 bits per heavy atom. The average molecular weight is 578 g/mol. The maximum atomic E-state index is 2.47. The summed E-state index contributed by atoms with van der Waals surface area (Å²) >= 11 is 0. The third-order valence-corrected chi connectivity index (χ3v) is 11.1. The summed E-state index contributed by atoms with van der Waals surface area (Å²) < 4.78 is 2.43. The normalized spacial score (nSPS) is 15.0. The molecule has 0 radical (unpaired) electrons. The Bertz CT molecular complexity index is 2470. The van der Waals surface area contributed by atoms with Gasteiger partial charge in [0.2, 0.25) is 0 Å². The highest BCUT2D eigenvalue weighted by Crippen LogP contribution is 2.54. The van der Waals surface area contributed by atoms with Gasteiger partial charge in [-0.15, -0.1) is 0 Å². The smallest absolute Gasteiger partial charge is 0.0541 e. The van der Waals surface area contributed by atoms with E-state index in [-0.39, 0.29) is 10.8 Å². The van der Waals surface area contributed by atoms with Gasteiger partial charge in [-0.2, -0.15) is 0 Å². The molecule has 45 heavy (non-hydrogen) atoms. The molecular weight excluding hydrogens is 542 g/mol. The molecule has 8 aromatic rings. The fourth-order valence-electron chi connectivity index (χ4n) is 7.98. The highest BCUT2D eigenvalue weighted by atomic mass is 15.0. The van der Waals surface area contributed by atoms with Gasteiger partial charge in [0.15, 0.2) is 0 Å². The molecule has 7 aromatic carbocycles. The van der Waals surface area contributed by atoms with E-state index in [1.807, 2.05) is 0 Å². The number of hydrogen-bond acceptors (Lipinski definition) is 0. The molecule has 1 aromatic heterocycles. The Morgan fingerprint density at radius 3 is 1.93 bits per heavy atom. The van der Waals surface area contributed by atoms with Gasteiger partial charge in [-0.3, -0.25) is 0 Å². The van der Waals surface area contributed by atoms with Crippen molar-refractivity contribution in [3.05, 3.63) is 151 Å². The van der Waals surface area contributed by atoms with Crippen molar-refractivity contribution < 1.29 is 0 Å². The van der Waals surface area contributed by atoms with Crippen LogP contribution < -0.4 is 0 Å². The van der Waals surface area contributed by atoms with E-state index in [0.717, 1.165) is 0 Å². The molecule has 0 fully saturated rings. The van der Waals surface area contributed by atoms with Crippen LogP contribution in [-0.4, -0.2) is 4.57 Å². The van der Waals surface area contributed by atoms with Crippen LogP contribution in [-0.2, 0) is 10.8 Å². The first kappa shape index (κ1) is 26.3. The fourth-order valence-corrected chi connectivity index (χ4v) is 7.98. The van der Waals surface area contributed by atoms with Gasteiger partial charge in [-0.05, 0) is 108 Å². The van der Waals surface area contributed by atoms with Gasteiger partial charge in [0.05, 0.1) is 11.0 Å². The first-order valence-corrected chi connectivity index (χ1v) is 16.0. The number of para-hydroxylation sites is 1. The summed E-state index contributed by atoms with van der Waals surface area (Å²) in [6.45, 7) is 9.63. The molecule has 0 aliphatic heterocycles. The first-order chi connectivity index (χ1) is 21.8. The van der Waals surface area contributed by atoms with Crippen molar-refractivity contribution in [3.63, 3.8) is 0 Å². The summed E-state index contributed by atoms with van der Waals surface area (Å²) in [5, 5.41) is 7.74. The SMILES string of the molecule is CC1(C)c2ccccc2-c2cc3c(ccc4cc(-n5c6ccccc6c6cc(-c7ccccc7)ccc65)ccc43)cc2C1(C)C. The van der Waals surface area contributed by atoms with Crippen LogP contribution in [0.4, 0.5) is 0 Å². The quantitative estimate of drug-likeness (QED) is 0.180. The van der Waals surface area contributed by atoms with Crippen LogP contribution in [0.2, 0.25) is 0 Å². The van der Waals surface area contributed by atoms with Crippen LogP contribution in [0.25, 0.3) is 71.3 Å². The van der Waals surface area contributed by atoms with E-state index in [2.05, 4.69) is 172 Å². The maximum absolute atomic E-state index is 2.47. The van der Waals surface area contributed by atoms with Crippen LogP contribution in [0.1, 0.15) is 38.8 Å². The lowest BCUT2D eigenvalue weighted by molar-refractivity contribution is 0.299. The number of fused-ring (bicyclic) bond motifs is 9. The van der Waals surface area contributed by atoms with Crippen molar-refractivity contribution in [1.29, 1.82) is 0 Å². The van der Waals surface area contributed by atoms with E-state index in [0.29, 0.717) is 0 Å². The van der Waals surface area contributed by atoms with Crippen molar-refractivity contribution in [2.24, 2.45) is 0 Å². The highest BCUT2D eigenvalue weighted by molar-refractivity contribution is 6.12. The monoisotopic (exact) mass is 577 g/mol. The van der Waals surface area contributed by atoms with E-state index < -0.39 is 0 Å². The lowest BCUT2D eigenvalue weighted by Crippen LogP contribution is -2.43. The molecule has 0 atom stereocenters. The van der Waals surface area contributed by atoms with Crippen LogP contribution in [0.15, 0.2) is 140 Å². The average Bonchev–Trinajstić information content (AvgIpc) is 3.41. The van der Waals surface area contributed by atoms with Crippen LogP contribution in [0.3, 0.4) is 0 Å². The minimum atomic E-state index is 0.000598. The molecule has 9 rings (SSSR count). The Hall–Kier alpha value is -5.14. The van der Waals surface area contributed by atoms with Gasteiger partial charge in [0.25, 0.3) is 0 Å². The summed E-state index contributed by atoms with van der Waals surface area (Å²) in [6, 6.07) is 51.9. The Labute approximate surface area is 264 Å². The van der Waals surface area contributed by atoms with Crippen molar-refractivity contribution in [1.82, 2.24) is 4.57 Å². The Morgan fingerprint density at radius 2 is 1.09 bits per heavy atom. The van der Waals surface area contributed by atoms with Gasteiger partial charge in [0, 0.05) is 16.5 Å². The zero-order valence-electron chi connectivity index (χ0n) is 26.2. The molecule has 0 saturated carbocycles. The van der Waals surface area contributed by atoms with Crippen molar-refractivity contribution in [3.8, 4) is 27.9 Å². The minimum Gasteiger partial charge on any atom is -0.309 e. The summed E-state index contributed by atoms with van der Waals surface area (Å²) in [6.07, 6.45) is 0. The highest BCUT2D eigenvalue weighted by Gasteiger charge is 2.45. The van der Waals surface area contributed by atoms with Gasteiger partial charge in [-0.25, -0.2) is 0 Å². The third kappa shape index (κ3) is 3.61. The zero-order chi connectivity index (χ0) is 30.5. The molecule has 1 heterocycles. The van der Waals surface area contributed by atoms with E-state index in [1.165, 1.54) is 82.4 Å². The summed E-state index contributed by atoms with van der Waals surface area (Å²) in [5.41, 5.74) is 11.8. The van der Waals surface area contributed by atoms with Crippen LogP contribution in [0, 0.1) is 0 Å². The first-order valence-electron chi connectivity index (χ1n) is 16.0. The Kier molecular flexibility index (Phi) is 5.37. The van der Waals surface area contributed by atoms with Crippen LogP contribution >= 0.6 is 0 Å². The van der Waals surface area contributed by atoms with Crippen molar-refractivity contribution in [2.45, 2.75) is 38.5 Å². The largest absolute Gasteiger partial charge is 0.309 e. The zero-order valence-corrected chi connectivity index (χ0v) is 26.2. The van der Waals surface area contributed by atoms with Crippen molar-refractivity contribution in [2.75, 3.05) is 0 Å². The minimum absolute atomic E-state index is 0.000598. The second-order valence-corrected chi connectivity index (χ2v) is 13.8. The van der Waals surface area contributed by atoms with E-state index in [4.69, 9.17) is 0 Å². The Balaban J connectivity index is 1.25. The molecule has 1 nitrogen and oxygen atoms in total. The lowest BCUT2D eigenvalue weighted by Gasteiger charge is -2.48.